The molecule has 1 amide bonds. The first-order valence-corrected chi connectivity index (χ1v) is 8.50. The third-order valence-corrected chi connectivity index (χ3v) is 4.18. The standard InChI is InChI=1S/C20H14N4O5/c25-19(10-8-16-2-1-11-29-16)21-14-5-3-13(4-6-14)20-22-17-9-7-15(24(27)28)12-18(17)23(20)26/h1-12,26H,(H,21,25)/b10-8+. The van der Waals surface area contributed by atoms with Crippen molar-refractivity contribution in [1.29, 1.82) is 0 Å². The fourth-order valence-corrected chi connectivity index (χ4v) is 2.78. The van der Waals surface area contributed by atoms with Crippen molar-refractivity contribution in [2.45, 2.75) is 0 Å². The largest absolute Gasteiger partial charge is 0.465 e. The number of nitro groups is 1. The number of carbonyl (C=O) groups excluding carboxylic acids is 1. The van der Waals surface area contributed by atoms with E-state index in [-0.39, 0.29) is 22.9 Å². The van der Waals surface area contributed by atoms with Crippen LogP contribution in [0.4, 0.5) is 11.4 Å². The Kier molecular flexibility index (Phi) is 4.54. The van der Waals surface area contributed by atoms with Crippen molar-refractivity contribution in [2.75, 3.05) is 5.32 Å². The maximum atomic E-state index is 12.0. The molecule has 0 fully saturated rings. The maximum Gasteiger partial charge on any atom is 0.271 e. The molecule has 2 aromatic heterocycles. The van der Waals surface area contributed by atoms with Crippen LogP contribution in [0.1, 0.15) is 5.76 Å². The van der Waals surface area contributed by atoms with Crippen molar-refractivity contribution < 1.29 is 19.3 Å². The molecule has 0 saturated heterocycles. The number of anilines is 1. The van der Waals surface area contributed by atoms with E-state index in [1.54, 1.807) is 42.5 Å². The van der Waals surface area contributed by atoms with Crippen LogP contribution in [0.3, 0.4) is 0 Å². The smallest absolute Gasteiger partial charge is 0.271 e. The summed E-state index contributed by atoms with van der Waals surface area (Å²) in [5.74, 6) is 0.476. The average Bonchev–Trinajstić information content (AvgIpc) is 3.35. The number of nitrogens with zero attached hydrogens (tertiary/aromatic N) is 3. The predicted molar refractivity (Wildman–Crippen MR) is 105 cm³/mol. The number of rotatable bonds is 5. The summed E-state index contributed by atoms with van der Waals surface area (Å²) in [6, 6.07) is 14.2. The predicted octanol–water partition coefficient (Wildman–Crippen LogP) is 4.09. The molecule has 0 aliphatic rings. The number of nitrogens with one attached hydrogen (secondary N) is 1. The second kappa shape index (κ2) is 7.31. The highest BCUT2D eigenvalue weighted by Crippen LogP contribution is 2.27. The molecule has 0 bridgehead atoms. The third-order valence-electron chi connectivity index (χ3n) is 4.18. The van der Waals surface area contributed by atoms with Gasteiger partial charge >= 0.3 is 0 Å². The summed E-state index contributed by atoms with van der Waals surface area (Å²) in [6.07, 6.45) is 4.42. The van der Waals surface area contributed by atoms with Crippen molar-refractivity contribution in [2.24, 2.45) is 0 Å². The van der Waals surface area contributed by atoms with Gasteiger partial charge in [-0.15, -0.1) is 0 Å². The van der Waals surface area contributed by atoms with Gasteiger partial charge in [-0.05, 0) is 48.5 Å². The fraction of sp³-hybridized carbons (Fsp3) is 0. The zero-order valence-corrected chi connectivity index (χ0v) is 14.9. The number of benzene rings is 2. The van der Waals surface area contributed by atoms with Crippen LogP contribution in [0.5, 0.6) is 0 Å². The number of nitro benzene ring substituents is 1. The molecule has 9 heteroatoms. The number of amides is 1. The first-order valence-electron chi connectivity index (χ1n) is 8.50. The highest BCUT2D eigenvalue weighted by Gasteiger charge is 2.15. The summed E-state index contributed by atoms with van der Waals surface area (Å²) < 4.78 is 5.93. The Bertz CT molecular complexity index is 1220. The fourth-order valence-electron chi connectivity index (χ4n) is 2.78. The summed E-state index contributed by atoms with van der Waals surface area (Å²) >= 11 is 0. The normalized spacial score (nSPS) is 11.2. The second-order valence-corrected chi connectivity index (χ2v) is 6.09. The summed E-state index contributed by atoms with van der Waals surface area (Å²) in [7, 11) is 0. The van der Waals surface area contributed by atoms with Gasteiger partial charge in [0.25, 0.3) is 5.69 Å². The van der Waals surface area contributed by atoms with Crippen LogP contribution in [-0.4, -0.2) is 25.8 Å². The van der Waals surface area contributed by atoms with Gasteiger partial charge in [0.05, 0.1) is 16.7 Å². The van der Waals surface area contributed by atoms with Gasteiger partial charge in [-0.1, -0.05) is 0 Å². The quantitative estimate of drug-likeness (QED) is 0.229. The summed E-state index contributed by atoms with van der Waals surface area (Å²) in [5, 5.41) is 24.0. The molecule has 9 nitrogen and oxygen atoms in total. The molecule has 0 saturated carbocycles. The second-order valence-electron chi connectivity index (χ2n) is 6.09. The van der Waals surface area contributed by atoms with Gasteiger partial charge in [0.2, 0.25) is 5.91 Å². The van der Waals surface area contributed by atoms with Crippen LogP contribution in [0.25, 0.3) is 28.5 Å². The molecular formula is C20H14N4O5. The Labute approximate surface area is 163 Å². The van der Waals surface area contributed by atoms with E-state index in [1.807, 2.05) is 0 Å². The molecule has 0 radical (unpaired) electrons. The lowest BCUT2D eigenvalue weighted by atomic mass is 10.2. The van der Waals surface area contributed by atoms with Crippen molar-refractivity contribution in [3.05, 3.63) is 82.8 Å². The number of hydrogen-bond donors (Lipinski definition) is 2. The minimum absolute atomic E-state index is 0.139. The maximum absolute atomic E-state index is 12.0. The summed E-state index contributed by atoms with van der Waals surface area (Å²) in [4.78, 5) is 26.7. The lowest BCUT2D eigenvalue weighted by Gasteiger charge is -2.04. The van der Waals surface area contributed by atoms with Crippen molar-refractivity contribution in [1.82, 2.24) is 9.71 Å². The number of imidazole rings is 1. The Morgan fingerprint density at radius 2 is 2.00 bits per heavy atom. The lowest BCUT2D eigenvalue weighted by Crippen LogP contribution is -2.07. The van der Waals surface area contributed by atoms with Gasteiger partial charge < -0.3 is 14.9 Å². The Morgan fingerprint density at radius 3 is 2.69 bits per heavy atom. The first-order chi connectivity index (χ1) is 14.0. The Hall–Kier alpha value is -4.40. The zero-order valence-electron chi connectivity index (χ0n) is 14.9. The number of aromatic nitrogens is 2. The molecule has 4 aromatic rings. The monoisotopic (exact) mass is 390 g/mol. The molecule has 0 aliphatic heterocycles. The van der Waals surface area contributed by atoms with E-state index in [4.69, 9.17) is 4.42 Å². The van der Waals surface area contributed by atoms with Crippen molar-refractivity contribution in [3.8, 4) is 11.4 Å². The van der Waals surface area contributed by atoms with Gasteiger partial charge in [0, 0.05) is 29.5 Å². The number of non-ortho nitro benzene ring substituents is 1. The van der Waals surface area contributed by atoms with Gasteiger partial charge in [-0.2, -0.15) is 4.73 Å². The van der Waals surface area contributed by atoms with Crippen LogP contribution in [-0.2, 0) is 4.79 Å². The molecule has 0 unspecified atom stereocenters. The molecule has 0 atom stereocenters. The van der Waals surface area contributed by atoms with Crippen LogP contribution in [0.15, 0.2) is 71.4 Å². The average molecular weight is 390 g/mol. The van der Waals surface area contributed by atoms with E-state index in [9.17, 15) is 20.1 Å². The highest BCUT2D eigenvalue weighted by molar-refractivity contribution is 6.01. The molecular weight excluding hydrogens is 376 g/mol. The number of fused-ring (bicyclic) bond motifs is 1. The van der Waals surface area contributed by atoms with E-state index in [0.29, 0.717) is 22.5 Å². The molecule has 2 aromatic carbocycles. The van der Waals surface area contributed by atoms with Crippen LogP contribution >= 0.6 is 0 Å². The minimum Gasteiger partial charge on any atom is -0.465 e. The number of carbonyl (C=O) groups is 1. The van der Waals surface area contributed by atoms with E-state index in [1.165, 1.54) is 30.5 Å². The lowest BCUT2D eigenvalue weighted by molar-refractivity contribution is -0.384. The third kappa shape index (κ3) is 3.69. The number of hydrogen-bond acceptors (Lipinski definition) is 6. The molecule has 29 heavy (non-hydrogen) atoms. The van der Waals surface area contributed by atoms with E-state index < -0.39 is 4.92 Å². The molecule has 2 N–H and O–H groups in total. The van der Waals surface area contributed by atoms with Crippen LogP contribution in [0.2, 0.25) is 0 Å². The van der Waals surface area contributed by atoms with Gasteiger partial charge in [-0.25, -0.2) is 4.98 Å². The van der Waals surface area contributed by atoms with Gasteiger partial charge in [0.1, 0.15) is 11.3 Å². The Balaban J connectivity index is 1.54. The Morgan fingerprint density at radius 1 is 1.21 bits per heavy atom. The molecule has 0 aliphatic carbocycles. The summed E-state index contributed by atoms with van der Waals surface area (Å²) in [6.45, 7) is 0. The van der Waals surface area contributed by atoms with E-state index >= 15 is 0 Å². The first kappa shape index (κ1) is 18.0. The minimum atomic E-state index is -0.538. The van der Waals surface area contributed by atoms with Crippen molar-refractivity contribution >= 4 is 34.4 Å². The van der Waals surface area contributed by atoms with Crippen molar-refractivity contribution in [3.63, 3.8) is 0 Å². The molecule has 4 rings (SSSR count). The zero-order chi connectivity index (χ0) is 20.4. The molecule has 2 heterocycles. The molecule has 0 spiro atoms. The summed E-state index contributed by atoms with van der Waals surface area (Å²) in [5.41, 5.74) is 1.65. The number of furan rings is 1. The SMILES string of the molecule is O=C(/C=C/c1ccco1)Nc1ccc(-c2nc3ccc([N+](=O)[O-])cc3n2O)cc1. The van der Waals surface area contributed by atoms with Crippen LogP contribution in [0, 0.1) is 10.1 Å². The topological polar surface area (TPSA) is 123 Å². The van der Waals surface area contributed by atoms with E-state index in [0.717, 1.165) is 4.73 Å². The molecule has 144 valence electrons. The van der Waals surface area contributed by atoms with Crippen LogP contribution < -0.4 is 5.32 Å². The highest BCUT2D eigenvalue weighted by atomic mass is 16.6. The van der Waals surface area contributed by atoms with Gasteiger partial charge in [0.15, 0.2) is 5.82 Å². The van der Waals surface area contributed by atoms with Gasteiger partial charge in [-0.3, -0.25) is 14.9 Å². The van der Waals surface area contributed by atoms with E-state index in [2.05, 4.69) is 10.3 Å².